The summed E-state index contributed by atoms with van der Waals surface area (Å²) in [4.78, 5) is 23.2. The molecule has 28 heavy (non-hydrogen) atoms. The molecule has 0 aliphatic heterocycles. The molecule has 0 saturated heterocycles. The number of methoxy groups -OCH3 is 3. The molecule has 0 aliphatic rings. The number of hydrogen-bond acceptors (Lipinski definition) is 7. The van der Waals surface area contributed by atoms with Gasteiger partial charge in [0.15, 0.2) is 23.5 Å². The number of ether oxygens (including phenoxy) is 4. The lowest BCUT2D eigenvalue weighted by Crippen LogP contribution is -2.09. The van der Waals surface area contributed by atoms with Crippen molar-refractivity contribution in [2.45, 2.75) is 0 Å². The lowest BCUT2D eigenvalue weighted by molar-refractivity contribution is -0.139. The minimum atomic E-state index is -1.11. The van der Waals surface area contributed by atoms with Crippen LogP contribution in [0.1, 0.15) is 0 Å². The Morgan fingerprint density at radius 1 is 1.00 bits per heavy atom. The first-order valence-corrected chi connectivity index (χ1v) is 8.19. The molecule has 0 fully saturated rings. The van der Waals surface area contributed by atoms with Crippen molar-refractivity contribution in [2.24, 2.45) is 0 Å². The number of rotatable bonds is 7. The van der Waals surface area contributed by atoms with Crippen molar-refractivity contribution in [1.29, 1.82) is 0 Å². The quantitative estimate of drug-likeness (QED) is 0.661. The third-order valence-corrected chi connectivity index (χ3v) is 4.01. The van der Waals surface area contributed by atoms with Crippen LogP contribution in [0.25, 0.3) is 22.3 Å². The highest BCUT2D eigenvalue weighted by atomic mass is 16.5. The van der Waals surface area contributed by atoms with E-state index in [1.54, 1.807) is 18.2 Å². The van der Waals surface area contributed by atoms with Gasteiger partial charge in [-0.05, 0) is 30.3 Å². The van der Waals surface area contributed by atoms with Gasteiger partial charge in [-0.25, -0.2) is 4.79 Å². The van der Waals surface area contributed by atoms with Crippen molar-refractivity contribution >= 4 is 16.9 Å². The van der Waals surface area contributed by atoms with Crippen LogP contribution in [0, 0.1) is 0 Å². The molecule has 1 aromatic heterocycles. The van der Waals surface area contributed by atoms with E-state index in [0.717, 1.165) is 0 Å². The van der Waals surface area contributed by atoms with Crippen molar-refractivity contribution in [3.8, 4) is 34.3 Å². The van der Waals surface area contributed by atoms with E-state index < -0.39 is 12.6 Å². The predicted molar refractivity (Wildman–Crippen MR) is 101 cm³/mol. The zero-order valence-corrected chi connectivity index (χ0v) is 15.5. The van der Waals surface area contributed by atoms with E-state index >= 15 is 0 Å². The van der Waals surface area contributed by atoms with Crippen molar-refractivity contribution in [3.63, 3.8) is 0 Å². The first kappa shape index (κ1) is 19.1. The Morgan fingerprint density at radius 3 is 2.25 bits per heavy atom. The fourth-order valence-electron chi connectivity index (χ4n) is 2.74. The Hall–Kier alpha value is -3.68. The second-order valence-corrected chi connectivity index (χ2v) is 5.73. The zero-order valence-electron chi connectivity index (χ0n) is 15.5. The van der Waals surface area contributed by atoms with E-state index in [1.807, 2.05) is 0 Å². The molecule has 8 heteroatoms. The van der Waals surface area contributed by atoms with Crippen LogP contribution in [0.4, 0.5) is 0 Å². The number of fused-ring (bicyclic) bond motifs is 1. The van der Waals surface area contributed by atoms with Crippen LogP contribution < -0.4 is 24.4 Å². The standard InChI is InChI=1S/C20H18O8/c1-24-17-6-11(7-18(25-2)20(17)26-3)16-9-14(21)13-8-12(27-10-19(22)23)4-5-15(13)28-16/h4-9H,10H2,1-3H3,(H,22,23). The van der Waals surface area contributed by atoms with Crippen molar-refractivity contribution in [1.82, 2.24) is 0 Å². The average molecular weight is 386 g/mol. The Bertz CT molecular complexity index is 1060. The van der Waals surface area contributed by atoms with Gasteiger partial charge in [0.05, 0.1) is 26.7 Å². The lowest BCUT2D eigenvalue weighted by Gasteiger charge is -2.14. The highest BCUT2D eigenvalue weighted by molar-refractivity contribution is 5.81. The Kier molecular flexibility index (Phi) is 5.39. The molecular formula is C20H18O8. The van der Waals surface area contributed by atoms with Gasteiger partial charge in [-0.3, -0.25) is 4.79 Å². The first-order chi connectivity index (χ1) is 13.5. The smallest absolute Gasteiger partial charge is 0.341 e. The van der Waals surface area contributed by atoms with Gasteiger partial charge in [-0.15, -0.1) is 0 Å². The Balaban J connectivity index is 2.08. The molecule has 0 spiro atoms. The number of carbonyl (C=O) groups is 1. The summed E-state index contributed by atoms with van der Waals surface area (Å²) in [7, 11) is 4.49. The minimum Gasteiger partial charge on any atom is -0.493 e. The molecule has 3 aromatic rings. The normalized spacial score (nSPS) is 10.5. The largest absolute Gasteiger partial charge is 0.493 e. The summed E-state index contributed by atoms with van der Waals surface area (Å²) >= 11 is 0. The van der Waals surface area contributed by atoms with Crippen LogP contribution in [0.3, 0.4) is 0 Å². The van der Waals surface area contributed by atoms with Crippen LogP contribution in [-0.2, 0) is 4.79 Å². The summed E-state index contributed by atoms with van der Waals surface area (Å²) in [5.74, 6) is 0.759. The molecule has 0 saturated carbocycles. The molecule has 8 nitrogen and oxygen atoms in total. The molecular weight excluding hydrogens is 368 g/mol. The molecule has 1 heterocycles. The van der Waals surface area contributed by atoms with Crippen LogP contribution in [0.2, 0.25) is 0 Å². The maximum Gasteiger partial charge on any atom is 0.341 e. The summed E-state index contributed by atoms with van der Waals surface area (Å²) in [5, 5.41) is 8.97. The number of aliphatic carboxylic acids is 1. The van der Waals surface area contributed by atoms with Crippen molar-refractivity contribution in [2.75, 3.05) is 27.9 Å². The van der Waals surface area contributed by atoms with E-state index in [4.69, 9.17) is 28.5 Å². The molecule has 3 rings (SSSR count). The van der Waals surface area contributed by atoms with Crippen LogP contribution in [-0.4, -0.2) is 39.0 Å². The lowest BCUT2D eigenvalue weighted by atomic mass is 10.1. The maximum absolute atomic E-state index is 12.6. The third-order valence-electron chi connectivity index (χ3n) is 4.01. The summed E-state index contributed by atoms with van der Waals surface area (Å²) in [6.07, 6.45) is 0. The van der Waals surface area contributed by atoms with Crippen LogP contribution >= 0.6 is 0 Å². The molecule has 0 atom stereocenters. The summed E-state index contributed by atoms with van der Waals surface area (Å²) in [6.45, 7) is -0.500. The highest BCUT2D eigenvalue weighted by Crippen LogP contribution is 2.41. The van der Waals surface area contributed by atoms with Crippen molar-refractivity contribution in [3.05, 3.63) is 46.6 Å². The molecule has 1 N–H and O–H groups in total. The number of carboxylic acid groups (broad SMARTS) is 1. The highest BCUT2D eigenvalue weighted by Gasteiger charge is 2.16. The van der Waals surface area contributed by atoms with E-state index in [9.17, 15) is 9.59 Å². The molecule has 0 unspecified atom stereocenters. The Morgan fingerprint density at radius 2 is 1.68 bits per heavy atom. The molecule has 2 aromatic carbocycles. The van der Waals surface area contributed by atoms with Gasteiger partial charge < -0.3 is 28.5 Å². The second-order valence-electron chi connectivity index (χ2n) is 5.73. The average Bonchev–Trinajstić information content (AvgIpc) is 2.70. The Labute approximate surface area is 159 Å². The van der Waals surface area contributed by atoms with Gasteiger partial charge in [0, 0.05) is 11.6 Å². The van der Waals surface area contributed by atoms with Gasteiger partial charge >= 0.3 is 5.97 Å². The summed E-state index contributed by atoms with van der Waals surface area (Å²) in [5.41, 5.74) is 0.601. The topological polar surface area (TPSA) is 104 Å². The molecule has 0 aliphatic carbocycles. The minimum absolute atomic E-state index is 0.266. The third kappa shape index (κ3) is 3.71. The predicted octanol–water partition coefficient (Wildman–Crippen LogP) is 2.95. The molecule has 0 radical (unpaired) electrons. The summed E-state index contributed by atoms with van der Waals surface area (Å²) < 4.78 is 26.9. The fraction of sp³-hybridized carbons (Fsp3) is 0.200. The summed E-state index contributed by atoms with van der Waals surface area (Å²) in [6, 6.07) is 9.22. The molecule has 146 valence electrons. The second kappa shape index (κ2) is 7.91. The van der Waals surface area contributed by atoms with Crippen LogP contribution in [0.15, 0.2) is 45.6 Å². The van der Waals surface area contributed by atoms with Crippen molar-refractivity contribution < 1.29 is 33.3 Å². The van der Waals surface area contributed by atoms with E-state index in [0.29, 0.717) is 34.2 Å². The first-order valence-electron chi connectivity index (χ1n) is 8.19. The monoisotopic (exact) mass is 386 g/mol. The number of carboxylic acids is 1. The van der Waals surface area contributed by atoms with E-state index in [2.05, 4.69) is 0 Å². The number of hydrogen-bond donors (Lipinski definition) is 1. The van der Waals surface area contributed by atoms with Gasteiger partial charge in [-0.2, -0.15) is 0 Å². The SMILES string of the molecule is COc1cc(-c2cc(=O)c3cc(OCC(=O)O)ccc3o2)cc(OC)c1OC. The fourth-order valence-corrected chi connectivity index (χ4v) is 2.74. The van der Waals surface area contributed by atoms with Gasteiger partial charge in [-0.1, -0.05) is 0 Å². The van der Waals surface area contributed by atoms with E-state index in [1.165, 1.54) is 39.5 Å². The van der Waals surface area contributed by atoms with Gasteiger partial charge in [0.2, 0.25) is 5.75 Å². The van der Waals surface area contributed by atoms with E-state index in [-0.39, 0.29) is 16.6 Å². The van der Waals surface area contributed by atoms with Crippen LogP contribution in [0.5, 0.6) is 23.0 Å². The van der Waals surface area contributed by atoms with Gasteiger partial charge in [0.25, 0.3) is 0 Å². The zero-order chi connectivity index (χ0) is 20.3. The number of benzene rings is 2. The molecule has 0 amide bonds. The molecule has 0 bridgehead atoms. The van der Waals surface area contributed by atoms with Gasteiger partial charge in [0.1, 0.15) is 17.1 Å². The maximum atomic E-state index is 12.6.